The summed E-state index contributed by atoms with van der Waals surface area (Å²) in [6.07, 6.45) is 0. The van der Waals surface area contributed by atoms with Gasteiger partial charge in [-0.3, -0.25) is 0 Å². The fraction of sp³-hybridized carbons (Fsp3) is 0.250. The topological polar surface area (TPSA) is 17.1 Å². The molecule has 0 heterocycles. The van der Waals surface area contributed by atoms with Crippen LogP contribution in [-0.4, -0.2) is 4.21 Å². The van der Waals surface area contributed by atoms with E-state index in [2.05, 4.69) is 6.92 Å². The normalized spacial score (nSPS) is 13.2. The second kappa shape index (κ2) is 4.82. The van der Waals surface area contributed by atoms with Gasteiger partial charge in [0, 0.05) is 0 Å². The number of hydrogen-bond donors (Lipinski definition) is 0. The van der Waals surface area contributed by atoms with E-state index in [1.807, 2.05) is 30.3 Å². The molecule has 0 bridgehead atoms. The van der Waals surface area contributed by atoms with Crippen molar-refractivity contribution < 1.29 is 20.9 Å². The van der Waals surface area contributed by atoms with Crippen LogP contribution >= 0.6 is 0 Å². The molecule has 0 spiro atoms. The van der Waals surface area contributed by atoms with Crippen LogP contribution in [0.3, 0.4) is 0 Å². The Morgan fingerprint density at radius 1 is 1.36 bits per heavy atom. The van der Waals surface area contributed by atoms with Crippen LogP contribution in [0.15, 0.2) is 35.2 Å². The maximum absolute atomic E-state index is 11.4. The molecule has 0 aromatic heterocycles. The van der Waals surface area contributed by atoms with E-state index in [0.717, 1.165) is 9.79 Å². The van der Waals surface area contributed by atoms with Gasteiger partial charge in [-0.15, -0.1) is 0 Å². The molecule has 1 atom stereocenters. The summed E-state index contributed by atoms with van der Waals surface area (Å²) in [5.74, 6) is 0. The third-order valence-electron chi connectivity index (χ3n) is 1.09. The Kier molecular flexibility index (Phi) is 4.00. The van der Waals surface area contributed by atoms with Crippen molar-refractivity contribution in [2.24, 2.45) is 0 Å². The van der Waals surface area contributed by atoms with Crippen molar-refractivity contribution in [1.82, 2.24) is 0 Å². The van der Waals surface area contributed by atoms with Crippen molar-refractivity contribution in [3.8, 4) is 0 Å². The zero-order valence-electron chi connectivity index (χ0n) is 6.23. The Labute approximate surface area is 76.6 Å². The van der Waals surface area contributed by atoms with E-state index in [1.165, 1.54) is 0 Å². The predicted molar refractivity (Wildman–Crippen MR) is 43.3 cm³/mol. The van der Waals surface area contributed by atoms with Gasteiger partial charge in [-0.05, 0) is 0 Å². The molecule has 1 rings (SSSR count). The van der Waals surface area contributed by atoms with E-state index < -0.39 is 8.62 Å². The molecule has 0 aliphatic rings. The second-order valence-electron chi connectivity index (χ2n) is 1.83. The first kappa shape index (κ1) is 9.12. The fourth-order valence-corrected chi connectivity index (χ4v) is 3.92. The minimum atomic E-state index is -0.733. The molecule has 1 unspecified atom stereocenters. The van der Waals surface area contributed by atoms with Gasteiger partial charge >= 0.3 is 76.6 Å². The molecule has 0 fully saturated rings. The molecule has 0 N–H and O–H groups in total. The van der Waals surface area contributed by atoms with Crippen molar-refractivity contribution in [3.63, 3.8) is 0 Å². The first-order valence-electron chi connectivity index (χ1n) is 3.34. The summed E-state index contributed by atoms with van der Waals surface area (Å²) in [6, 6.07) is 9.64. The zero-order valence-corrected chi connectivity index (χ0v) is 8.60. The number of benzene rings is 1. The van der Waals surface area contributed by atoms with E-state index in [9.17, 15) is 4.21 Å². The summed E-state index contributed by atoms with van der Waals surface area (Å²) in [5.41, 5.74) is 0. The molecule has 3 heteroatoms. The van der Waals surface area contributed by atoms with Crippen LogP contribution in [-0.2, 0) is 25.3 Å². The molecule has 0 saturated carbocycles. The second-order valence-corrected chi connectivity index (χ2v) is 7.06. The molecule has 0 aliphatic heterocycles. The van der Waals surface area contributed by atoms with E-state index in [-0.39, 0.29) is 0 Å². The standard InChI is InChI=1S/C6H5OS.C2H5.Pd/c7-8-6-4-2-1-3-5-6;1-2;/h1-5H;1H2,2H3;/q+1;;-1. The third kappa shape index (κ3) is 2.86. The average Bonchev–Trinajstić information content (AvgIpc) is 2.07. The SMILES string of the molecule is C[CH2][Pd][S](=O)c1ccccc1. The predicted octanol–water partition coefficient (Wildman–Crippen LogP) is 2.23. The van der Waals surface area contributed by atoms with Crippen molar-refractivity contribution in [2.75, 3.05) is 0 Å². The Morgan fingerprint density at radius 3 is 2.55 bits per heavy atom. The molecule has 11 heavy (non-hydrogen) atoms. The fourth-order valence-electron chi connectivity index (χ4n) is 0.655. The van der Waals surface area contributed by atoms with Crippen molar-refractivity contribution in [2.45, 2.75) is 16.7 Å². The van der Waals surface area contributed by atoms with E-state index in [4.69, 9.17) is 0 Å². The van der Waals surface area contributed by atoms with Crippen LogP contribution in [0.25, 0.3) is 0 Å². The van der Waals surface area contributed by atoms with Crippen molar-refractivity contribution in [3.05, 3.63) is 30.3 Å². The molecular weight excluding hydrogens is 251 g/mol. The maximum atomic E-state index is 11.4. The molecule has 0 saturated heterocycles. The van der Waals surface area contributed by atoms with Crippen LogP contribution in [0.1, 0.15) is 6.92 Å². The molecule has 1 aromatic carbocycles. The summed E-state index contributed by atoms with van der Waals surface area (Å²) in [7, 11) is -0.733. The first-order chi connectivity index (χ1) is 5.34. The number of rotatable bonds is 3. The molecule has 0 radical (unpaired) electrons. The minimum absolute atomic E-state index is 0.355. The van der Waals surface area contributed by atoms with Gasteiger partial charge < -0.3 is 0 Å². The summed E-state index contributed by atoms with van der Waals surface area (Å²) in [5, 5.41) is 0. The van der Waals surface area contributed by atoms with Gasteiger partial charge in [-0.2, -0.15) is 0 Å². The van der Waals surface area contributed by atoms with Crippen molar-refractivity contribution in [1.29, 1.82) is 0 Å². The Morgan fingerprint density at radius 2 is 2.00 bits per heavy atom. The van der Waals surface area contributed by atoms with E-state index in [1.54, 1.807) is 0 Å². The van der Waals surface area contributed by atoms with Gasteiger partial charge in [0.2, 0.25) is 0 Å². The van der Waals surface area contributed by atoms with Gasteiger partial charge in [0.15, 0.2) is 0 Å². The zero-order chi connectivity index (χ0) is 8.10. The molecule has 1 nitrogen and oxygen atoms in total. The van der Waals surface area contributed by atoms with E-state index in [0.29, 0.717) is 16.7 Å². The van der Waals surface area contributed by atoms with Gasteiger partial charge in [-0.1, -0.05) is 0 Å². The van der Waals surface area contributed by atoms with Crippen LogP contribution < -0.4 is 0 Å². The van der Waals surface area contributed by atoms with Gasteiger partial charge in [0.05, 0.1) is 0 Å². The van der Waals surface area contributed by atoms with Gasteiger partial charge in [0.1, 0.15) is 0 Å². The van der Waals surface area contributed by atoms with Gasteiger partial charge in [0.25, 0.3) is 0 Å². The molecule has 0 aliphatic carbocycles. The summed E-state index contributed by atoms with van der Waals surface area (Å²) in [4.78, 5) is 1.99. The molecule has 0 amide bonds. The average molecular weight is 261 g/mol. The molecule has 64 valence electrons. The van der Waals surface area contributed by atoms with Crippen LogP contribution in [0.2, 0.25) is 4.89 Å². The third-order valence-corrected chi connectivity index (χ3v) is 5.72. The van der Waals surface area contributed by atoms with Crippen LogP contribution in [0.4, 0.5) is 0 Å². The summed E-state index contributed by atoms with van der Waals surface area (Å²) in [6.45, 7) is 2.06. The summed E-state index contributed by atoms with van der Waals surface area (Å²) >= 11 is 0.355. The van der Waals surface area contributed by atoms with Crippen molar-refractivity contribution >= 4 is 8.62 Å². The Bertz CT molecular complexity index is 235. The van der Waals surface area contributed by atoms with E-state index >= 15 is 0 Å². The summed E-state index contributed by atoms with van der Waals surface area (Å²) < 4.78 is 11.4. The van der Waals surface area contributed by atoms with Gasteiger partial charge in [-0.25, -0.2) is 0 Å². The quantitative estimate of drug-likeness (QED) is 0.762. The monoisotopic (exact) mass is 260 g/mol. The number of hydrogen-bond acceptors (Lipinski definition) is 1. The molecule has 1 aromatic rings. The Hall–Kier alpha value is 0.0323. The van der Waals surface area contributed by atoms with Crippen LogP contribution in [0, 0.1) is 0 Å². The van der Waals surface area contributed by atoms with Crippen LogP contribution in [0.5, 0.6) is 0 Å². The Balaban J connectivity index is 2.69. The molecular formula is C8H10OPdS. The first-order valence-corrected chi connectivity index (χ1v) is 7.34.